The summed E-state index contributed by atoms with van der Waals surface area (Å²) in [6.45, 7) is 7.82. The maximum Gasteiger partial charge on any atom is 0.340 e. The molecule has 26 heavy (non-hydrogen) atoms. The number of hydrogen-bond acceptors (Lipinski definition) is 3. The van der Waals surface area contributed by atoms with Crippen molar-refractivity contribution in [3.05, 3.63) is 75.1 Å². The Morgan fingerprint density at radius 1 is 1.12 bits per heavy atom. The highest BCUT2D eigenvalue weighted by Gasteiger charge is 2.27. The van der Waals surface area contributed by atoms with Gasteiger partial charge in [0.25, 0.3) is 0 Å². The van der Waals surface area contributed by atoms with Crippen LogP contribution in [0.3, 0.4) is 0 Å². The second kappa shape index (κ2) is 6.61. The van der Waals surface area contributed by atoms with Crippen LogP contribution in [0.15, 0.2) is 51.7 Å². The van der Waals surface area contributed by atoms with Gasteiger partial charge in [0, 0.05) is 17.4 Å². The van der Waals surface area contributed by atoms with E-state index >= 15 is 0 Å². The van der Waals surface area contributed by atoms with E-state index in [1.807, 2.05) is 49.4 Å². The first-order chi connectivity index (χ1) is 12.5. The first kappa shape index (κ1) is 16.9. The summed E-state index contributed by atoms with van der Waals surface area (Å²) in [6, 6.07) is 14.5. The van der Waals surface area contributed by atoms with Crippen molar-refractivity contribution in [2.24, 2.45) is 0 Å². The standard InChI is InChI=1S/C22H23NO3/c1-14(2)23-12-19-20(25-13-23)10-9-17-15(3)18(22(24)26-21(17)19)11-16-7-5-4-6-8-16/h4-10,14H,11-13H2,1-3H3/p+1. The molecule has 0 saturated heterocycles. The fourth-order valence-electron chi connectivity index (χ4n) is 3.62. The number of benzene rings is 2. The molecule has 0 aliphatic carbocycles. The Bertz CT molecular complexity index is 1010. The highest BCUT2D eigenvalue weighted by molar-refractivity contribution is 5.85. The zero-order chi connectivity index (χ0) is 18.3. The summed E-state index contributed by atoms with van der Waals surface area (Å²) in [6.07, 6.45) is 0.585. The Hall–Kier alpha value is -2.59. The van der Waals surface area contributed by atoms with Crippen LogP contribution in [0.25, 0.3) is 11.0 Å². The fourth-order valence-corrected chi connectivity index (χ4v) is 3.62. The minimum absolute atomic E-state index is 0.246. The van der Waals surface area contributed by atoms with Gasteiger partial charge in [0.1, 0.15) is 12.3 Å². The summed E-state index contributed by atoms with van der Waals surface area (Å²) in [4.78, 5) is 14.1. The van der Waals surface area contributed by atoms with Crippen molar-refractivity contribution in [3.8, 4) is 5.75 Å². The van der Waals surface area contributed by atoms with Gasteiger partial charge in [-0.25, -0.2) is 4.79 Å². The van der Waals surface area contributed by atoms with Crippen LogP contribution < -0.4 is 15.3 Å². The van der Waals surface area contributed by atoms with Gasteiger partial charge in [0.05, 0.1) is 11.6 Å². The number of ether oxygens (including phenoxy) is 1. The lowest BCUT2D eigenvalue weighted by Crippen LogP contribution is -3.15. The molecule has 1 aliphatic heterocycles. The van der Waals surface area contributed by atoms with E-state index in [0.717, 1.165) is 39.9 Å². The van der Waals surface area contributed by atoms with Gasteiger partial charge >= 0.3 is 5.63 Å². The Kier molecular flexibility index (Phi) is 4.29. The minimum Gasteiger partial charge on any atom is -0.445 e. The Morgan fingerprint density at radius 2 is 1.88 bits per heavy atom. The van der Waals surface area contributed by atoms with Crippen LogP contribution in [0.2, 0.25) is 0 Å². The molecular formula is C22H24NO3+. The maximum atomic E-state index is 12.7. The molecule has 2 aromatic carbocycles. The van der Waals surface area contributed by atoms with Gasteiger partial charge in [-0.2, -0.15) is 0 Å². The SMILES string of the molecule is Cc1c(Cc2ccccc2)c(=O)oc2c3c(ccc12)OC[NH+](C(C)C)C3. The molecule has 0 bridgehead atoms. The van der Waals surface area contributed by atoms with Gasteiger partial charge in [-0.15, -0.1) is 0 Å². The molecule has 1 N–H and O–H groups in total. The number of quaternary nitrogens is 1. The van der Waals surface area contributed by atoms with E-state index in [2.05, 4.69) is 13.8 Å². The van der Waals surface area contributed by atoms with E-state index in [1.54, 1.807) is 0 Å². The zero-order valence-electron chi connectivity index (χ0n) is 15.5. The van der Waals surface area contributed by atoms with E-state index in [9.17, 15) is 4.79 Å². The topological polar surface area (TPSA) is 43.9 Å². The van der Waals surface area contributed by atoms with Gasteiger partial charge in [-0.3, -0.25) is 4.90 Å². The lowest BCUT2D eigenvalue weighted by atomic mass is 9.97. The molecule has 1 aliphatic rings. The second-order valence-corrected chi connectivity index (χ2v) is 7.35. The molecule has 0 amide bonds. The monoisotopic (exact) mass is 350 g/mol. The highest BCUT2D eigenvalue weighted by atomic mass is 16.5. The van der Waals surface area contributed by atoms with Crippen LogP contribution in [-0.2, 0) is 13.0 Å². The predicted molar refractivity (Wildman–Crippen MR) is 102 cm³/mol. The molecule has 4 heteroatoms. The van der Waals surface area contributed by atoms with Crippen LogP contribution in [-0.4, -0.2) is 12.8 Å². The second-order valence-electron chi connectivity index (χ2n) is 7.35. The van der Waals surface area contributed by atoms with Gasteiger partial charge in [-0.05, 0) is 44.0 Å². The van der Waals surface area contributed by atoms with E-state index in [4.69, 9.17) is 9.15 Å². The van der Waals surface area contributed by atoms with E-state index < -0.39 is 0 Å². The molecule has 0 spiro atoms. The number of rotatable bonds is 3. The normalized spacial score (nSPS) is 16.5. The third kappa shape index (κ3) is 2.90. The van der Waals surface area contributed by atoms with Crippen molar-refractivity contribution in [2.75, 3.05) is 6.73 Å². The molecule has 0 fully saturated rings. The van der Waals surface area contributed by atoms with Crippen molar-refractivity contribution in [1.29, 1.82) is 0 Å². The Balaban J connectivity index is 1.83. The lowest BCUT2D eigenvalue weighted by Gasteiger charge is -2.29. The molecule has 4 nitrogen and oxygen atoms in total. The molecule has 0 radical (unpaired) electrons. The molecule has 0 saturated carbocycles. The summed E-state index contributed by atoms with van der Waals surface area (Å²) >= 11 is 0. The van der Waals surface area contributed by atoms with Gasteiger partial charge < -0.3 is 9.15 Å². The van der Waals surface area contributed by atoms with E-state index in [-0.39, 0.29) is 5.63 Å². The number of fused-ring (bicyclic) bond motifs is 3. The van der Waals surface area contributed by atoms with Crippen LogP contribution in [0, 0.1) is 6.92 Å². The number of hydrogen-bond donors (Lipinski definition) is 1. The van der Waals surface area contributed by atoms with Crippen molar-refractivity contribution in [3.63, 3.8) is 0 Å². The van der Waals surface area contributed by atoms with Gasteiger partial charge in [-0.1, -0.05) is 30.3 Å². The lowest BCUT2D eigenvalue weighted by molar-refractivity contribution is -0.952. The Labute approximate surface area is 153 Å². The molecule has 3 aromatic rings. The van der Waals surface area contributed by atoms with E-state index in [1.165, 1.54) is 4.90 Å². The zero-order valence-corrected chi connectivity index (χ0v) is 15.5. The van der Waals surface area contributed by atoms with Crippen LogP contribution in [0.5, 0.6) is 5.75 Å². The molecule has 2 heterocycles. The van der Waals surface area contributed by atoms with Crippen LogP contribution in [0.4, 0.5) is 0 Å². The summed E-state index contributed by atoms with van der Waals surface area (Å²) in [7, 11) is 0. The maximum absolute atomic E-state index is 12.7. The largest absolute Gasteiger partial charge is 0.445 e. The third-order valence-corrected chi connectivity index (χ3v) is 5.37. The van der Waals surface area contributed by atoms with Crippen molar-refractivity contribution in [1.82, 2.24) is 0 Å². The Morgan fingerprint density at radius 3 is 2.62 bits per heavy atom. The van der Waals surface area contributed by atoms with Crippen molar-refractivity contribution in [2.45, 2.75) is 39.8 Å². The average Bonchev–Trinajstić information content (AvgIpc) is 2.65. The van der Waals surface area contributed by atoms with Gasteiger partial charge in [0.15, 0.2) is 5.58 Å². The predicted octanol–water partition coefficient (Wildman–Crippen LogP) is 2.84. The number of nitrogens with one attached hydrogen (secondary N) is 1. The van der Waals surface area contributed by atoms with Crippen LogP contribution >= 0.6 is 0 Å². The van der Waals surface area contributed by atoms with Crippen LogP contribution in [0.1, 0.15) is 36.1 Å². The highest BCUT2D eigenvalue weighted by Crippen LogP contribution is 2.31. The summed E-state index contributed by atoms with van der Waals surface area (Å²) in [5.74, 6) is 0.834. The summed E-state index contributed by atoms with van der Waals surface area (Å²) in [5, 5.41) is 1.00. The molecule has 134 valence electrons. The molecule has 1 aromatic heterocycles. The smallest absolute Gasteiger partial charge is 0.340 e. The summed E-state index contributed by atoms with van der Waals surface area (Å²) < 4.78 is 11.7. The van der Waals surface area contributed by atoms with Gasteiger partial charge in [0.2, 0.25) is 6.73 Å². The first-order valence-electron chi connectivity index (χ1n) is 9.14. The molecule has 1 atom stereocenters. The molecule has 4 rings (SSSR count). The van der Waals surface area contributed by atoms with E-state index in [0.29, 0.717) is 24.8 Å². The minimum atomic E-state index is -0.246. The first-order valence-corrected chi connectivity index (χ1v) is 9.14. The molecular weight excluding hydrogens is 326 g/mol. The number of aryl methyl sites for hydroxylation is 1. The van der Waals surface area contributed by atoms with Crippen molar-refractivity contribution < 1.29 is 14.1 Å². The third-order valence-electron chi connectivity index (χ3n) is 5.37. The average molecular weight is 350 g/mol. The van der Waals surface area contributed by atoms with Crippen molar-refractivity contribution >= 4 is 11.0 Å². The summed E-state index contributed by atoms with van der Waals surface area (Å²) in [5.41, 5.74) is 4.28. The quantitative estimate of drug-likeness (QED) is 0.739. The fraction of sp³-hybridized carbons (Fsp3) is 0.318. The molecule has 1 unspecified atom stereocenters.